The van der Waals surface area contributed by atoms with E-state index >= 15 is 0 Å². The van der Waals surface area contributed by atoms with E-state index in [9.17, 15) is 0 Å². The van der Waals surface area contributed by atoms with E-state index in [1.54, 1.807) is 0 Å². The Morgan fingerprint density at radius 3 is 2.62 bits per heavy atom. The van der Waals surface area contributed by atoms with E-state index in [2.05, 4.69) is 55.7 Å². The molecule has 104 valence electrons. The van der Waals surface area contributed by atoms with E-state index in [1.165, 1.54) is 28.9 Å². The van der Waals surface area contributed by atoms with Crippen molar-refractivity contribution in [1.29, 1.82) is 0 Å². The van der Waals surface area contributed by atoms with Crippen molar-refractivity contribution in [2.45, 2.75) is 26.7 Å². The molecule has 2 heteroatoms. The van der Waals surface area contributed by atoms with Crippen molar-refractivity contribution in [3.63, 3.8) is 0 Å². The molecule has 1 aliphatic rings. The summed E-state index contributed by atoms with van der Waals surface area (Å²) in [6.45, 7) is 9.66. The molecular weight excluding hydrogens is 253 g/mol. The number of unbranched alkanes of at least 4 members (excludes halogenated alkanes) is 1. The second kappa shape index (κ2) is 5.44. The van der Waals surface area contributed by atoms with E-state index < -0.39 is 0 Å². The Morgan fingerprint density at radius 2 is 1.86 bits per heavy atom. The molecule has 0 atom stereocenters. The first-order valence-electron chi connectivity index (χ1n) is 7.60. The average molecular weight is 273 g/mol. The maximum atomic E-state index is 6.14. The molecule has 0 amide bonds. The molecule has 1 heterocycles. The lowest BCUT2D eigenvalue weighted by atomic mass is 9.83. The second-order valence-electron chi connectivity index (χ2n) is 5.68. The number of hydrogen-bond acceptors (Lipinski definition) is 1. The fraction of sp³-hybridized carbons (Fsp3) is 0.263. The number of para-hydroxylation sites is 1. The van der Waals surface area contributed by atoms with Gasteiger partial charge in [-0.05, 0) is 30.5 Å². The lowest BCUT2D eigenvalue weighted by Crippen LogP contribution is -2.27. The minimum atomic E-state index is 0.849. The van der Waals surface area contributed by atoms with Gasteiger partial charge in [0, 0.05) is 23.4 Å². The average Bonchev–Trinajstić information content (AvgIpc) is 2.51. The first-order chi connectivity index (χ1) is 10.1. The van der Waals surface area contributed by atoms with Gasteiger partial charge in [0.2, 0.25) is 0 Å². The summed E-state index contributed by atoms with van der Waals surface area (Å²) in [5.74, 6) is 0. The molecule has 1 nitrogen and oxygen atoms in total. The summed E-state index contributed by atoms with van der Waals surface area (Å²) in [4.78, 5) is 2.41. The van der Waals surface area contributed by atoms with Crippen LogP contribution in [0.5, 0.6) is 0 Å². The van der Waals surface area contributed by atoms with Crippen molar-refractivity contribution in [2.24, 2.45) is 0 Å². The van der Waals surface area contributed by atoms with Crippen LogP contribution in [0.25, 0.3) is 5.57 Å². The first-order valence-corrected chi connectivity index (χ1v) is 7.60. The number of anilines is 2. The normalized spacial score (nSPS) is 13.0. The summed E-state index contributed by atoms with van der Waals surface area (Å²) >= 11 is 0. The van der Waals surface area contributed by atoms with Gasteiger partial charge in [0.25, 0.3) is 0 Å². The van der Waals surface area contributed by atoms with Gasteiger partial charge in [0.15, 0.2) is 0 Å². The molecule has 0 aromatic heterocycles. The van der Waals surface area contributed by atoms with Crippen molar-refractivity contribution in [2.75, 3.05) is 11.4 Å². The van der Waals surface area contributed by atoms with Crippen LogP contribution in [0.2, 0.25) is 0 Å². The van der Waals surface area contributed by atoms with E-state index in [0.29, 0.717) is 0 Å². The summed E-state index contributed by atoms with van der Waals surface area (Å²) in [7, 11) is 6.14. The van der Waals surface area contributed by atoms with Gasteiger partial charge in [-0.15, -0.1) is 0 Å². The Morgan fingerprint density at radius 1 is 1.10 bits per heavy atom. The minimum absolute atomic E-state index is 0.849. The standard InChI is InChI=1S/C19H20BN/c1-4-5-12-21-18-9-7-6-8-15(18)13(2)16-10-11-17(20)14(3)19(16)21/h6-11H,2,4-5,12H2,1,3H3. The summed E-state index contributed by atoms with van der Waals surface area (Å²) < 4.78 is 0. The number of nitrogens with zero attached hydrogens (tertiary/aromatic N) is 1. The Bertz CT molecular complexity index is 703. The molecule has 1 aliphatic heterocycles. The maximum Gasteiger partial charge on any atom is 0.114 e. The van der Waals surface area contributed by atoms with Gasteiger partial charge in [0.1, 0.15) is 7.85 Å². The summed E-state index contributed by atoms with van der Waals surface area (Å²) in [5, 5.41) is 0. The fourth-order valence-corrected chi connectivity index (χ4v) is 3.09. The van der Waals surface area contributed by atoms with Crippen LogP contribution in [0.4, 0.5) is 11.4 Å². The minimum Gasteiger partial charge on any atom is -0.340 e. The number of fused-ring (bicyclic) bond motifs is 2. The third-order valence-corrected chi connectivity index (χ3v) is 4.32. The molecule has 21 heavy (non-hydrogen) atoms. The molecule has 0 bridgehead atoms. The SMILES string of the molecule is [B]c1ccc2c(c1C)N(CCCC)c1ccccc1C2=C. The second-order valence-corrected chi connectivity index (χ2v) is 5.68. The van der Waals surface area contributed by atoms with Crippen LogP contribution >= 0.6 is 0 Å². The highest BCUT2D eigenvalue weighted by molar-refractivity contribution is 6.34. The van der Waals surface area contributed by atoms with Crippen LogP contribution in [0.3, 0.4) is 0 Å². The molecule has 0 unspecified atom stereocenters. The zero-order valence-electron chi connectivity index (χ0n) is 12.8. The van der Waals surface area contributed by atoms with Crippen LogP contribution in [0, 0.1) is 6.92 Å². The first kappa shape index (κ1) is 14.0. The predicted molar refractivity (Wildman–Crippen MR) is 93.1 cm³/mol. The van der Waals surface area contributed by atoms with Gasteiger partial charge in [-0.25, -0.2) is 0 Å². The summed E-state index contributed by atoms with van der Waals surface area (Å²) in [5.41, 5.74) is 8.00. The third-order valence-electron chi connectivity index (χ3n) is 4.32. The Kier molecular flexibility index (Phi) is 3.63. The molecule has 0 fully saturated rings. The lowest BCUT2D eigenvalue weighted by molar-refractivity contribution is 0.782. The molecule has 0 spiro atoms. The molecular formula is C19H20BN. The molecule has 0 saturated heterocycles. The van der Waals surface area contributed by atoms with E-state index in [-0.39, 0.29) is 0 Å². The Hall–Kier alpha value is -1.96. The van der Waals surface area contributed by atoms with Crippen molar-refractivity contribution < 1.29 is 0 Å². The smallest absolute Gasteiger partial charge is 0.114 e. The van der Waals surface area contributed by atoms with Crippen LogP contribution in [0.15, 0.2) is 43.0 Å². The fourth-order valence-electron chi connectivity index (χ4n) is 3.09. The van der Waals surface area contributed by atoms with E-state index in [4.69, 9.17) is 7.85 Å². The molecule has 2 aromatic carbocycles. The van der Waals surface area contributed by atoms with Gasteiger partial charge >= 0.3 is 0 Å². The van der Waals surface area contributed by atoms with Crippen LogP contribution in [-0.4, -0.2) is 14.4 Å². The largest absolute Gasteiger partial charge is 0.340 e. The highest BCUT2D eigenvalue weighted by Crippen LogP contribution is 2.45. The van der Waals surface area contributed by atoms with Crippen LogP contribution < -0.4 is 10.4 Å². The molecule has 2 radical (unpaired) electrons. The number of benzene rings is 2. The predicted octanol–water partition coefficient (Wildman–Crippen LogP) is 4.10. The maximum absolute atomic E-state index is 6.14. The highest BCUT2D eigenvalue weighted by atomic mass is 15.1. The Labute approximate surface area is 128 Å². The van der Waals surface area contributed by atoms with Crippen molar-refractivity contribution in [3.8, 4) is 0 Å². The van der Waals surface area contributed by atoms with E-state index in [0.717, 1.165) is 29.6 Å². The highest BCUT2D eigenvalue weighted by Gasteiger charge is 2.26. The third kappa shape index (κ3) is 2.19. The van der Waals surface area contributed by atoms with Crippen molar-refractivity contribution in [3.05, 3.63) is 59.7 Å². The van der Waals surface area contributed by atoms with Crippen LogP contribution in [-0.2, 0) is 0 Å². The number of hydrogen-bond donors (Lipinski definition) is 0. The van der Waals surface area contributed by atoms with E-state index in [1.807, 2.05) is 6.07 Å². The quantitative estimate of drug-likeness (QED) is 0.761. The van der Waals surface area contributed by atoms with Gasteiger partial charge in [0.05, 0.1) is 5.69 Å². The summed E-state index contributed by atoms with van der Waals surface area (Å²) in [6, 6.07) is 12.6. The Balaban J connectivity index is 2.23. The van der Waals surface area contributed by atoms with Gasteiger partial charge in [-0.1, -0.05) is 55.7 Å². The van der Waals surface area contributed by atoms with Gasteiger partial charge < -0.3 is 4.90 Å². The topological polar surface area (TPSA) is 3.24 Å². The zero-order chi connectivity index (χ0) is 15.0. The molecule has 2 aromatic rings. The molecule has 0 aliphatic carbocycles. The van der Waals surface area contributed by atoms with Crippen molar-refractivity contribution in [1.82, 2.24) is 0 Å². The molecule has 0 saturated carbocycles. The summed E-state index contributed by atoms with van der Waals surface area (Å²) in [6.07, 6.45) is 2.34. The number of rotatable bonds is 3. The zero-order valence-corrected chi connectivity index (χ0v) is 12.8. The lowest BCUT2D eigenvalue weighted by Gasteiger charge is -2.36. The van der Waals surface area contributed by atoms with Crippen LogP contribution in [0.1, 0.15) is 36.5 Å². The monoisotopic (exact) mass is 273 g/mol. The molecule has 0 N–H and O–H groups in total. The van der Waals surface area contributed by atoms with Crippen molar-refractivity contribution >= 4 is 30.3 Å². The van der Waals surface area contributed by atoms with Gasteiger partial charge in [-0.2, -0.15) is 0 Å². The molecule has 3 rings (SSSR count). The van der Waals surface area contributed by atoms with Gasteiger partial charge in [-0.3, -0.25) is 0 Å².